The average Bonchev–Trinajstić information content (AvgIpc) is 3.05. The number of benzene rings is 2. The van der Waals surface area contributed by atoms with E-state index in [1.165, 1.54) is 4.90 Å². The van der Waals surface area contributed by atoms with Crippen LogP contribution in [0.5, 0.6) is 0 Å². The molecule has 168 valence electrons. The fraction of sp³-hybridized carbons (Fsp3) is 0.360. The quantitative estimate of drug-likeness (QED) is 0.701. The number of aliphatic hydroxyl groups excluding tert-OH is 1. The maximum Gasteiger partial charge on any atom is 0.282 e. The number of piperazine rings is 1. The van der Waals surface area contributed by atoms with E-state index in [4.69, 9.17) is 0 Å². The lowest BCUT2D eigenvalue weighted by Crippen LogP contribution is -2.48. The molecule has 2 aliphatic heterocycles. The Kier molecular flexibility index (Phi) is 6.30. The molecule has 0 saturated carbocycles. The molecular weight excluding hydrogens is 404 g/mol. The summed E-state index contributed by atoms with van der Waals surface area (Å²) in [5.74, 6) is -0.570. The first-order chi connectivity index (χ1) is 15.4. The van der Waals surface area contributed by atoms with Gasteiger partial charge in [-0.3, -0.25) is 14.5 Å². The molecule has 7 nitrogen and oxygen atoms in total. The fourth-order valence-corrected chi connectivity index (χ4v) is 4.27. The Bertz CT molecular complexity index is 1040. The molecule has 0 spiro atoms. The predicted octanol–water partition coefficient (Wildman–Crippen LogP) is 1.96. The molecule has 0 unspecified atom stereocenters. The molecule has 2 heterocycles. The second kappa shape index (κ2) is 9.14. The van der Waals surface area contributed by atoms with Crippen molar-refractivity contribution in [2.45, 2.75) is 6.92 Å². The average molecular weight is 435 g/mol. The summed E-state index contributed by atoms with van der Waals surface area (Å²) >= 11 is 0. The molecule has 0 aliphatic carbocycles. The highest BCUT2D eigenvalue weighted by Gasteiger charge is 2.43. The number of carbonyl (C=O) groups is 2. The van der Waals surface area contributed by atoms with E-state index in [2.05, 4.69) is 4.90 Å². The molecule has 0 bridgehead atoms. The second-order valence-corrected chi connectivity index (χ2v) is 8.50. The molecule has 0 aromatic heterocycles. The fourth-order valence-electron chi connectivity index (χ4n) is 4.27. The van der Waals surface area contributed by atoms with Gasteiger partial charge in [0.05, 0.1) is 17.9 Å². The van der Waals surface area contributed by atoms with Crippen LogP contribution in [0.3, 0.4) is 0 Å². The van der Waals surface area contributed by atoms with Crippen LogP contribution in [0, 0.1) is 6.92 Å². The molecule has 0 atom stereocenters. The highest BCUT2D eigenvalue weighted by atomic mass is 16.3. The van der Waals surface area contributed by atoms with Gasteiger partial charge in [-0.05, 0) is 30.7 Å². The number of rotatable bonds is 6. The summed E-state index contributed by atoms with van der Waals surface area (Å²) in [5, 5.41) is 9.23. The monoisotopic (exact) mass is 434 g/mol. The zero-order chi connectivity index (χ0) is 22.8. The van der Waals surface area contributed by atoms with Gasteiger partial charge in [0.15, 0.2) is 0 Å². The van der Waals surface area contributed by atoms with Gasteiger partial charge in [-0.25, -0.2) is 4.90 Å². The number of aliphatic hydroxyl groups is 1. The van der Waals surface area contributed by atoms with E-state index in [-0.39, 0.29) is 18.4 Å². The first kappa shape index (κ1) is 22.0. The minimum atomic E-state index is -0.289. The van der Waals surface area contributed by atoms with Crippen molar-refractivity contribution in [1.29, 1.82) is 0 Å². The molecule has 2 aliphatic rings. The number of imide groups is 1. The molecule has 1 saturated heterocycles. The third-order valence-corrected chi connectivity index (χ3v) is 6.11. The van der Waals surface area contributed by atoms with E-state index >= 15 is 0 Å². The van der Waals surface area contributed by atoms with Crippen molar-refractivity contribution in [3.63, 3.8) is 0 Å². The van der Waals surface area contributed by atoms with Crippen LogP contribution in [0.25, 0.3) is 5.57 Å². The molecule has 2 aromatic rings. The predicted molar refractivity (Wildman–Crippen MR) is 126 cm³/mol. The Hall–Kier alpha value is -3.16. The Labute approximate surface area is 189 Å². The molecule has 1 N–H and O–H groups in total. The van der Waals surface area contributed by atoms with Gasteiger partial charge in [-0.1, -0.05) is 35.9 Å². The van der Waals surface area contributed by atoms with Gasteiger partial charge in [-0.2, -0.15) is 0 Å². The van der Waals surface area contributed by atoms with Gasteiger partial charge < -0.3 is 14.9 Å². The lowest BCUT2D eigenvalue weighted by Gasteiger charge is -2.36. The first-order valence-electron chi connectivity index (χ1n) is 11.0. The van der Waals surface area contributed by atoms with Crippen LogP contribution in [0.15, 0.2) is 54.2 Å². The molecule has 0 radical (unpaired) electrons. The van der Waals surface area contributed by atoms with E-state index in [9.17, 15) is 14.7 Å². The van der Waals surface area contributed by atoms with Gasteiger partial charge >= 0.3 is 0 Å². The van der Waals surface area contributed by atoms with E-state index in [0.717, 1.165) is 29.9 Å². The van der Waals surface area contributed by atoms with Gasteiger partial charge in [0, 0.05) is 52.5 Å². The Morgan fingerprint density at radius 2 is 1.62 bits per heavy atom. The van der Waals surface area contributed by atoms with Crippen LogP contribution < -0.4 is 9.80 Å². The van der Waals surface area contributed by atoms with Gasteiger partial charge in [0.2, 0.25) is 0 Å². The third kappa shape index (κ3) is 4.13. The number of β-amino-alcohol motifs (C(OH)–C–C–N with tert-alkyl or cyclic N) is 1. The highest BCUT2D eigenvalue weighted by molar-refractivity contribution is 6.45. The number of aryl methyl sites for hydroxylation is 1. The molecule has 32 heavy (non-hydrogen) atoms. The van der Waals surface area contributed by atoms with Crippen LogP contribution in [0.2, 0.25) is 0 Å². The van der Waals surface area contributed by atoms with E-state index < -0.39 is 0 Å². The van der Waals surface area contributed by atoms with Crippen molar-refractivity contribution in [2.24, 2.45) is 0 Å². The van der Waals surface area contributed by atoms with Crippen LogP contribution in [-0.4, -0.2) is 80.1 Å². The topological polar surface area (TPSA) is 67.3 Å². The van der Waals surface area contributed by atoms with Gasteiger partial charge in [-0.15, -0.1) is 0 Å². The van der Waals surface area contributed by atoms with Crippen LogP contribution in [0.1, 0.15) is 11.1 Å². The zero-order valence-electron chi connectivity index (χ0n) is 18.9. The van der Waals surface area contributed by atoms with Crippen LogP contribution in [0.4, 0.5) is 11.4 Å². The molecule has 2 amide bonds. The number of hydrogen-bond acceptors (Lipinski definition) is 6. The Morgan fingerprint density at radius 3 is 2.25 bits per heavy atom. The lowest BCUT2D eigenvalue weighted by atomic mass is 10.0. The number of anilines is 2. The number of amides is 2. The molecule has 4 rings (SSSR count). The summed E-state index contributed by atoms with van der Waals surface area (Å²) < 4.78 is 0. The van der Waals surface area contributed by atoms with Gasteiger partial charge in [0.1, 0.15) is 5.70 Å². The van der Waals surface area contributed by atoms with E-state index in [0.29, 0.717) is 36.6 Å². The molecule has 7 heteroatoms. The van der Waals surface area contributed by atoms with Crippen molar-refractivity contribution in [1.82, 2.24) is 9.80 Å². The highest BCUT2D eigenvalue weighted by Crippen LogP contribution is 2.36. The summed E-state index contributed by atoms with van der Waals surface area (Å²) in [6.45, 7) is 5.48. The van der Waals surface area contributed by atoms with Crippen molar-refractivity contribution in [3.05, 3.63) is 65.4 Å². The van der Waals surface area contributed by atoms with Crippen molar-refractivity contribution in [3.8, 4) is 0 Å². The third-order valence-electron chi connectivity index (χ3n) is 6.11. The minimum Gasteiger partial charge on any atom is -0.395 e. The van der Waals surface area contributed by atoms with Crippen molar-refractivity contribution < 1.29 is 14.7 Å². The number of nitrogens with zero attached hydrogens (tertiary/aromatic N) is 4. The minimum absolute atomic E-state index is 0.116. The standard InChI is InChI=1S/C25H30N4O3/c1-18-7-9-19(10-8-18)22-23(28-13-11-27(12-14-28)15-16-30)25(32)29(24(22)31)21-6-4-5-20(17-21)26(2)3/h4-10,17,30H,11-16H2,1-3H3. The first-order valence-corrected chi connectivity index (χ1v) is 11.0. The van der Waals surface area contributed by atoms with E-state index in [1.54, 1.807) is 6.07 Å². The molecule has 2 aromatic carbocycles. The lowest BCUT2D eigenvalue weighted by molar-refractivity contribution is -0.120. The SMILES string of the molecule is Cc1ccc(C2=C(N3CCN(CCO)CC3)C(=O)N(c3cccc(N(C)C)c3)C2=O)cc1. The zero-order valence-corrected chi connectivity index (χ0v) is 18.9. The molecular formula is C25H30N4O3. The van der Waals surface area contributed by atoms with Crippen molar-refractivity contribution >= 4 is 28.8 Å². The number of carbonyl (C=O) groups excluding carboxylic acids is 2. The normalized spacial score (nSPS) is 17.5. The summed E-state index contributed by atoms with van der Waals surface area (Å²) in [6.07, 6.45) is 0. The smallest absolute Gasteiger partial charge is 0.282 e. The van der Waals surface area contributed by atoms with Crippen molar-refractivity contribution in [2.75, 3.05) is 63.2 Å². The second-order valence-electron chi connectivity index (χ2n) is 8.50. The van der Waals surface area contributed by atoms with E-state index in [1.807, 2.05) is 73.3 Å². The van der Waals surface area contributed by atoms with Gasteiger partial charge in [0.25, 0.3) is 11.8 Å². The Morgan fingerprint density at radius 1 is 0.938 bits per heavy atom. The van der Waals surface area contributed by atoms with Crippen LogP contribution in [-0.2, 0) is 9.59 Å². The summed E-state index contributed by atoms with van der Waals surface area (Å²) in [5.41, 5.74) is 4.28. The summed E-state index contributed by atoms with van der Waals surface area (Å²) in [7, 11) is 3.86. The van der Waals surface area contributed by atoms with Crippen LogP contribution >= 0.6 is 0 Å². The summed E-state index contributed by atoms with van der Waals surface area (Å²) in [4.78, 5) is 34.8. The Balaban J connectivity index is 1.74. The number of hydrogen-bond donors (Lipinski definition) is 1. The maximum atomic E-state index is 13.7. The summed E-state index contributed by atoms with van der Waals surface area (Å²) in [6, 6.07) is 15.2. The molecule has 1 fully saturated rings. The maximum absolute atomic E-state index is 13.7. The largest absolute Gasteiger partial charge is 0.395 e.